The predicted molar refractivity (Wildman–Crippen MR) is 122 cm³/mol. The quantitative estimate of drug-likeness (QED) is 0.544. The number of anilines is 1. The lowest BCUT2D eigenvalue weighted by Crippen LogP contribution is -2.35. The van der Waals surface area contributed by atoms with E-state index in [1.807, 2.05) is 73.7 Å². The van der Waals surface area contributed by atoms with Gasteiger partial charge in [-0.15, -0.1) is 0 Å². The largest absolute Gasteiger partial charge is 0.354 e. The molecule has 2 amide bonds. The molecule has 0 saturated carbocycles. The van der Waals surface area contributed by atoms with Crippen LogP contribution in [-0.4, -0.2) is 34.5 Å². The van der Waals surface area contributed by atoms with Crippen LogP contribution in [0, 0.1) is 12.8 Å². The molecule has 0 aliphatic carbocycles. The third-order valence-electron chi connectivity index (χ3n) is 6.03. The van der Waals surface area contributed by atoms with E-state index < -0.39 is 0 Å². The van der Waals surface area contributed by atoms with Crippen molar-refractivity contribution < 1.29 is 9.59 Å². The van der Waals surface area contributed by atoms with Crippen molar-refractivity contribution >= 4 is 39.3 Å². The van der Waals surface area contributed by atoms with Crippen LogP contribution in [0.15, 0.2) is 66.7 Å². The monoisotopic (exact) mass is 412 g/mol. The zero-order valence-corrected chi connectivity index (χ0v) is 17.4. The molecule has 1 aromatic heterocycles. The van der Waals surface area contributed by atoms with Gasteiger partial charge in [-0.1, -0.05) is 48.5 Å². The Morgan fingerprint density at radius 1 is 1.06 bits per heavy atom. The number of benzene rings is 3. The summed E-state index contributed by atoms with van der Waals surface area (Å²) in [5.74, 6) is 0.506. The number of fused-ring (bicyclic) bond motifs is 2. The second kappa shape index (κ2) is 7.87. The van der Waals surface area contributed by atoms with Crippen molar-refractivity contribution in [2.75, 3.05) is 18.0 Å². The summed E-state index contributed by atoms with van der Waals surface area (Å²) in [4.78, 5) is 31.8. The summed E-state index contributed by atoms with van der Waals surface area (Å²) in [6.07, 6.45) is 0.238. The van der Waals surface area contributed by atoms with Gasteiger partial charge in [-0.25, -0.2) is 4.98 Å². The number of imidazole rings is 1. The molecule has 1 aliphatic heterocycles. The average molecular weight is 412 g/mol. The minimum Gasteiger partial charge on any atom is -0.354 e. The molecule has 0 unspecified atom stereocenters. The van der Waals surface area contributed by atoms with Crippen molar-refractivity contribution in [2.24, 2.45) is 5.92 Å². The number of amides is 2. The summed E-state index contributed by atoms with van der Waals surface area (Å²) in [6.45, 7) is 3.52. The summed E-state index contributed by atoms with van der Waals surface area (Å²) >= 11 is 0. The molecule has 1 atom stereocenters. The van der Waals surface area contributed by atoms with Gasteiger partial charge in [-0.3, -0.25) is 9.59 Å². The number of para-hydroxylation sites is 2. The molecule has 0 bridgehead atoms. The van der Waals surface area contributed by atoms with E-state index in [2.05, 4.69) is 14.9 Å². The highest BCUT2D eigenvalue weighted by atomic mass is 16.2. The third-order valence-corrected chi connectivity index (χ3v) is 6.03. The maximum Gasteiger partial charge on any atom is 0.227 e. The van der Waals surface area contributed by atoms with Gasteiger partial charge in [-0.05, 0) is 30.5 Å². The summed E-state index contributed by atoms with van der Waals surface area (Å²) in [5, 5.41) is 5.13. The highest BCUT2D eigenvalue weighted by molar-refractivity contribution is 6.07. The van der Waals surface area contributed by atoms with Crippen molar-refractivity contribution in [3.63, 3.8) is 0 Å². The SMILES string of the molecule is Cc1nc2ccccc2n1CCNC(=O)[C@H]1CC(=O)N(c2cccc3ccccc23)C1. The van der Waals surface area contributed by atoms with Crippen molar-refractivity contribution in [1.29, 1.82) is 0 Å². The van der Waals surface area contributed by atoms with Crippen LogP contribution in [0.1, 0.15) is 12.2 Å². The molecule has 1 fully saturated rings. The Morgan fingerprint density at radius 2 is 1.84 bits per heavy atom. The Hall–Kier alpha value is -3.67. The number of carbonyl (C=O) groups is 2. The molecule has 6 heteroatoms. The van der Waals surface area contributed by atoms with Gasteiger partial charge >= 0.3 is 0 Å². The first-order valence-corrected chi connectivity index (χ1v) is 10.6. The number of hydrogen-bond acceptors (Lipinski definition) is 3. The summed E-state index contributed by atoms with van der Waals surface area (Å²) in [5.41, 5.74) is 2.89. The van der Waals surface area contributed by atoms with Crippen LogP contribution in [0.5, 0.6) is 0 Å². The van der Waals surface area contributed by atoms with E-state index in [-0.39, 0.29) is 24.2 Å². The summed E-state index contributed by atoms with van der Waals surface area (Å²) in [7, 11) is 0. The van der Waals surface area contributed by atoms with Gasteiger partial charge in [-0.2, -0.15) is 0 Å². The zero-order chi connectivity index (χ0) is 21.4. The van der Waals surface area contributed by atoms with Gasteiger partial charge in [0.2, 0.25) is 11.8 Å². The van der Waals surface area contributed by atoms with Crippen LogP contribution in [-0.2, 0) is 16.1 Å². The van der Waals surface area contributed by atoms with Gasteiger partial charge in [0.15, 0.2) is 0 Å². The Labute approximate surface area is 180 Å². The Kier molecular flexibility index (Phi) is 4.90. The molecule has 6 nitrogen and oxygen atoms in total. The fourth-order valence-corrected chi connectivity index (χ4v) is 4.47. The lowest BCUT2D eigenvalue weighted by atomic mass is 10.1. The summed E-state index contributed by atoms with van der Waals surface area (Å²) in [6, 6.07) is 21.9. The molecule has 2 heterocycles. The first-order valence-electron chi connectivity index (χ1n) is 10.6. The maximum atomic E-state index is 12.8. The molecule has 0 radical (unpaired) electrons. The maximum absolute atomic E-state index is 12.8. The van der Waals surface area contributed by atoms with E-state index >= 15 is 0 Å². The third kappa shape index (κ3) is 3.54. The van der Waals surface area contributed by atoms with E-state index in [1.165, 1.54) is 0 Å². The highest BCUT2D eigenvalue weighted by Gasteiger charge is 2.35. The molecule has 3 aromatic carbocycles. The van der Waals surface area contributed by atoms with Crippen molar-refractivity contribution in [3.05, 3.63) is 72.6 Å². The number of aromatic nitrogens is 2. The Morgan fingerprint density at radius 3 is 2.74 bits per heavy atom. The zero-order valence-electron chi connectivity index (χ0n) is 17.4. The van der Waals surface area contributed by atoms with E-state index in [0.29, 0.717) is 19.6 Å². The molecular weight excluding hydrogens is 388 g/mol. The predicted octanol–water partition coefficient (Wildman–Crippen LogP) is 3.67. The van der Waals surface area contributed by atoms with Crippen molar-refractivity contribution in [1.82, 2.24) is 14.9 Å². The molecule has 5 rings (SSSR count). The molecule has 1 saturated heterocycles. The molecule has 4 aromatic rings. The van der Waals surface area contributed by atoms with Crippen LogP contribution in [0.25, 0.3) is 21.8 Å². The minimum atomic E-state index is -0.341. The van der Waals surface area contributed by atoms with Crippen molar-refractivity contribution in [2.45, 2.75) is 19.9 Å². The molecule has 1 aliphatic rings. The Bertz CT molecular complexity index is 1290. The average Bonchev–Trinajstić information content (AvgIpc) is 3.33. The number of carbonyl (C=O) groups excluding carboxylic acids is 2. The molecule has 0 spiro atoms. The van der Waals surface area contributed by atoms with Crippen molar-refractivity contribution in [3.8, 4) is 0 Å². The minimum absolute atomic E-state index is 0.00653. The number of nitrogens with zero attached hydrogens (tertiary/aromatic N) is 3. The lowest BCUT2D eigenvalue weighted by molar-refractivity contribution is -0.126. The topological polar surface area (TPSA) is 67.2 Å². The van der Waals surface area contributed by atoms with Gasteiger partial charge in [0, 0.05) is 31.4 Å². The van der Waals surface area contributed by atoms with Gasteiger partial charge in [0.05, 0.1) is 22.6 Å². The molecular formula is C25H24N4O2. The molecule has 31 heavy (non-hydrogen) atoms. The number of aryl methyl sites for hydroxylation is 1. The van der Waals surface area contributed by atoms with E-state index in [1.54, 1.807) is 4.90 Å². The van der Waals surface area contributed by atoms with Gasteiger partial charge < -0.3 is 14.8 Å². The van der Waals surface area contributed by atoms with Crippen LogP contribution >= 0.6 is 0 Å². The lowest BCUT2D eigenvalue weighted by Gasteiger charge is -2.19. The molecule has 156 valence electrons. The fraction of sp³-hybridized carbons (Fsp3) is 0.240. The van der Waals surface area contributed by atoms with Gasteiger partial charge in [0.1, 0.15) is 5.82 Å². The number of nitrogens with one attached hydrogen (secondary N) is 1. The summed E-state index contributed by atoms with van der Waals surface area (Å²) < 4.78 is 2.11. The first kappa shape index (κ1) is 19.3. The molecule has 1 N–H and O–H groups in total. The van der Waals surface area contributed by atoms with E-state index in [9.17, 15) is 9.59 Å². The van der Waals surface area contributed by atoms with E-state index in [4.69, 9.17) is 0 Å². The standard InChI is InChI=1S/C25H24N4O2/c1-17-27-21-10-4-5-11-23(21)28(17)14-13-26-25(31)19-15-24(30)29(16-19)22-12-6-8-18-7-2-3-9-20(18)22/h2-12,19H,13-16H2,1H3,(H,26,31)/t19-/m0/s1. The highest BCUT2D eigenvalue weighted by Crippen LogP contribution is 2.31. The number of hydrogen-bond donors (Lipinski definition) is 1. The van der Waals surface area contributed by atoms with E-state index in [0.717, 1.165) is 33.3 Å². The number of rotatable bonds is 5. The fourth-order valence-electron chi connectivity index (χ4n) is 4.47. The second-order valence-corrected chi connectivity index (χ2v) is 7.99. The second-order valence-electron chi connectivity index (χ2n) is 7.99. The first-order chi connectivity index (χ1) is 15.1. The van der Waals surface area contributed by atoms with Crippen LogP contribution < -0.4 is 10.2 Å². The van der Waals surface area contributed by atoms with Crippen LogP contribution in [0.3, 0.4) is 0 Å². The smallest absolute Gasteiger partial charge is 0.227 e. The van der Waals surface area contributed by atoms with Gasteiger partial charge in [0.25, 0.3) is 0 Å². The normalized spacial score (nSPS) is 16.4. The Balaban J connectivity index is 1.26. The van der Waals surface area contributed by atoms with Crippen LogP contribution in [0.4, 0.5) is 5.69 Å². The van der Waals surface area contributed by atoms with Crippen LogP contribution in [0.2, 0.25) is 0 Å².